The summed E-state index contributed by atoms with van der Waals surface area (Å²) in [7, 11) is 0. The Balaban J connectivity index is 2.32. The van der Waals surface area contributed by atoms with Gasteiger partial charge in [0.15, 0.2) is 0 Å². The maximum atomic E-state index is 9.77. The van der Waals surface area contributed by atoms with Gasteiger partial charge >= 0.3 is 0 Å². The summed E-state index contributed by atoms with van der Waals surface area (Å²) in [4.78, 5) is 0. The van der Waals surface area contributed by atoms with Gasteiger partial charge in [-0.1, -0.05) is 0 Å². The Hall–Kier alpha value is 0.600. The van der Waals surface area contributed by atoms with Gasteiger partial charge in [-0.25, -0.2) is 0 Å². The van der Waals surface area contributed by atoms with E-state index < -0.39 is 5.60 Å². The molecular formula is C7H13ClOS. The number of hydrogen-bond acceptors (Lipinski definition) is 2. The summed E-state index contributed by atoms with van der Waals surface area (Å²) < 4.78 is 0. The van der Waals surface area contributed by atoms with Crippen LogP contribution in [0.1, 0.15) is 19.3 Å². The third kappa shape index (κ3) is 2.33. The van der Waals surface area contributed by atoms with Crippen molar-refractivity contribution < 1.29 is 5.11 Å². The minimum Gasteiger partial charge on any atom is -0.390 e. The normalized spacial score (nSPS) is 24.6. The van der Waals surface area contributed by atoms with E-state index in [2.05, 4.69) is 0 Å². The van der Waals surface area contributed by atoms with E-state index in [9.17, 15) is 5.11 Å². The number of thioether (sulfide) groups is 1. The first-order chi connectivity index (χ1) is 4.77. The van der Waals surface area contributed by atoms with Crippen LogP contribution in [0.4, 0.5) is 0 Å². The van der Waals surface area contributed by atoms with Crippen LogP contribution >= 0.6 is 23.4 Å². The molecule has 0 bridgehead atoms. The topological polar surface area (TPSA) is 20.2 Å². The molecule has 0 aliphatic carbocycles. The number of halogens is 1. The summed E-state index contributed by atoms with van der Waals surface area (Å²) in [5.74, 6) is 2.77. The van der Waals surface area contributed by atoms with Crippen molar-refractivity contribution in [3.8, 4) is 0 Å². The lowest BCUT2D eigenvalue weighted by molar-refractivity contribution is 0.0291. The molecule has 0 saturated carbocycles. The van der Waals surface area contributed by atoms with E-state index in [-0.39, 0.29) is 0 Å². The van der Waals surface area contributed by atoms with E-state index in [4.69, 9.17) is 11.6 Å². The lowest BCUT2D eigenvalue weighted by atomic mass is 9.94. The zero-order valence-corrected chi connectivity index (χ0v) is 7.55. The van der Waals surface area contributed by atoms with Crippen molar-refractivity contribution in [3.05, 3.63) is 0 Å². The Morgan fingerprint density at radius 1 is 1.40 bits per heavy atom. The van der Waals surface area contributed by atoms with Crippen molar-refractivity contribution in [3.63, 3.8) is 0 Å². The Morgan fingerprint density at radius 3 is 2.50 bits per heavy atom. The number of hydrogen-bond donors (Lipinski definition) is 1. The van der Waals surface area contributed by atoms with Crippen LogP contribution in [0.2, 0.25) is 0 Å². The van der Waals surface area contributed by atoms with Gasteiger partial charge in [-0.3, -0.25) is 0 Å². The van der Waals surface area contributed by atoms with Crippen LogP contribution in [0.3, 0.4) is 0 Å². The van der Waals surface area contributed by atoms with Crippen LogP contribution < -0.4 is 0 Å². The molecule has 1 aliphatic heterocycles. The molecule has 3 heteroatoms. The van der Waals surface area contributed by atoms with E-state index in [1.54, 1.807) is 0 Å². The quantitative estimate of drug-likeness (QED) is 0.655. The maximum absolute atomic E-state index is 9.77. The van der Waals surface area contributed by atoms with Gasteiger partial charge in [0.2, 0.25) is 0 Å². The van der Waals surface area contributed by atoms with Crippen LogP contribution in [0.15, 0.2) is 0 Å². The number of rotatable bonds is 2. The highest BCUT2D eigenvalue weighted by Gasteiger charge is 2.28. The molecule has 1 rings (SSSR count). The van der Waals surface area contributed by atoms with E-state index in [0.29, 0.717) is 5.88 Å². The summed E-state index contributed by atoms with van der Waals surface area (Å²) in [5, 5.41) is 9.77. The van der Waals surface area contributed by atoms with Crippen LogP contribution in [-0.2, 0) is 0 Å². The second kappa shape index (κ2) is 3.84. The molecule has 10 heavy (non-hydrogen) atoms. The summed E-state index contributed by atoms with van der Waals surface area (Å²) >= 11 is 7.48. The van der Waals surface area contributed by atoms with E-state index in [1.165, 1.54) is 0 Å². The zero-order chi connectivity index (χ0) is 7.45. The van der Waals surface area contributed by atoms with Gasteiger partial charge in [-0.05, 0) is 30.8 Å². The van der Waals surface area contributed by atoms with Gasteiger partial charge in [0.05, 0.1) is 5.60 Å². The highest BCUT2D eigenvalue weighted by molar-refractivity contribution is 7.99. The van der Waals surface area contributed by atoms with Crippen LogP contribution in [0.25, 0.3) is 0 Å². The fourth-order valence-electron chi connectivity index (χ4n) is 1.18. The molecule has 1 N–H and O–H groups in total. The molecule has 1 nitrogen and oxygen atoms in total. The minimum absolute atomic E-state index is 0.424. The molecule has 1 heterocycles. The largest absolute Gasteiger partial charge is 0.390 e. The predicted octanol–water partition coefficient (Wildman–Crippen LogP) is 1.87. The molecule has 60 valence electrons. The smallest absolute Gasteiger partial charge is 0.0674 e. The van der Waals surface area contributed by atoms with Crippen LogP contribution in [0, 0.1) is 0 Å². The molecule has 1 saturated heterocycles. The molecule has 0 radical (unpaired) electrons. The highest BCUT2D eigenvalue weighted by Crippen LogP contribution is 2.29. The number of alkyl halides is 1. The second-order valence-electron chi connectivity index (χ2n) is 2.78. The van der Waals surface area contributed by atoms with E-state index in [0.717, 1.165) is 30.8 Å². The van der Waals surface area contributed by atoms with Crippen molar-refractivity contribution in [2.24, 2.45) is 0 Å². The Morgan fingerprint density at radius 2 is 2.00 bits per heavy atom. The summed E-state index contributed by atoms with van der Waals surface area (Å²) in [5.41, 5.74) is -0.424. The molecular weight excluding hydrogens is 168 g/mol. The standard InChI is InChI=1S/C7H13ClOS/c8-4-1-7(9)2-5-10-6-3-7/h9H,1-6H2. The van der Waals surface area contributed by atoms with Crippen molar-refractivity contribution in [2.75, 3.05) is 17.4 Å². The van der Waals surface area contributed by atoms with E-state index >= 15 is 0 Å². The Kier molecular flexibility index (Phi) is 3.34. The molecule has 1 aliphatic rings. The first-order valence-electron chi connectivity index (χ1n) is 3.63. The zero-order valence-electron chi connectivity index (χ0n) is 5.98. The van der Waals surface area contributed by atoms with E-state index in [1.807, 2.05) is 11.8 Å². The van der Waals surface area contributed by atoms with Crippen molar-refractivity contribution in [1.82, 2.24) is 0 Å². The van der Waals surface area contributed by atoms with Crippen molar-refractivity contribution in [2.45, 2.75) is 24.9 Å². The first-order valence-corrected chi connectivity index (χ1v) is 5.32. The molecule has 0 unspecified atom stereocenters. The van der Waals surface area contributed by atoms with Crippen molar-refractivity contribution in [1.29, 1.82) is 0 Å². The molecule has 0 amide bonds. The lowest BCUT2D eigenvalue weighted by Gasteiger charge is -2.30. The summed E-state index contributed by atoms with van der Waals surface area (Å²) in [6.07, 6.45) is 2.60. The van der Waals surface area contributed by atoms with Crippen molar-refractivity contribution >= 4 is 23.4 Å². The molecule has 0 aromatic carbocycles. The van der Waals surface area contributed by atoms with Gasteiger partial charge in [-0.15, -0.1) is 11.6 Å². The second-order valence-corrected chi connectivity index (χ2v) is 4.38. The third-order valence-electron chi connectivity index (χ3n) is 1.98. The van der Waals surface area contributed by atoms with Gasteiger partial charge < -0.3 is 5.11 Å². The average molecular weight is 181 g/mol. The van der Waals surface area contributed by atoms with Crippen LogP contribution in [-0.4, -0.2) is 28.1 Å². The molecule has 0 aromatic rings. The Labute approximate surface area is 71.1 Å². The first kappa shape index (κ1) is 8.69. The van der Waals surface area contributed by atoms with Gasteiger partial charge in [-0.2, -0.15) is 11.8 Å². The van der Waals surface area contributed by atoms with Gasteiger partial charge in [0, 0.05) is 5.88 Å². The molecule has 0 atom stereocenters. The SMILES string of the molecule is OC1(CCCl)CCSCC1. The maximum Gasteiger partial charge on any atom is 0.0674 e. The fraction of sp³-hybridized carbons (Fsp3) is 1.00. The predicted molar refractivity (Wildman–Crippen MR) is 46.8 cm³/mol. The highest BCUT2D eigenvalue weighted by atomic mass is 35.5. The van der Waals surface area contributed by atoms with Crippen LogP contribution in [0.5, 0.6) is 0 Å². The molecule has 0 spiro atoms. The van der Waals surface area contributed by atoms with Gasteiger partial charge in [0.25, 0.3) is 0 Å². The minimum atomic E-state index is -0.424. The third-order valence-corrected chi connectivity index (χ3v) is 3.16. The molecule has 0 aromatic heterocycles. The Bertz CT molecular complexity index is 96.3. The summed E-state index contributed by atoms with van der Waals surface area (Å²) in [6, 6.07) is 0. The fourth-order valence-corrected chi connectivity index (χ4v) is 2.78. The average Bonchev–Trinajstić information content (AvgIpc) is 1.89. The lowest BCUT2D eigenvalue weighted by Crippen LogP contribution is -2.33. The monoisotopic (exact) mass is 180 g/mol. The van der Waals surface area contributed by atoms with Gasteiger partial charge in [0.1, 0.15) is 0 Å². The summed E-state index contributed by atoms with van der Waals surface area (Å²) in [6.45, 7) is 0. The number of aliphatic hydroxyl groups is 1. The molecule has 1 fully saturated rings.